The minimum absolute atomic E-state index is 0.0254. The highest BCUT2D eigenvalue weighted by atomic mass is 16.6. The number of rotatable bonds is 2. The van der Waals surface area contributed by atoms with E-state index < -0.39 is 16.6 Å². The van der Waals surface area contributed by atoms with Crippen molar-refractivity contribution in [3.63, 3.8) is 0 Å². The summed E-state index contributed by atoms with van der Waals surface area (Å²) in [7, 11) is 1.23. The van der Waals surface area contributed by atoms with Crippen LogP contribution in [0.1, 0.15) is 19.4 Å². The number of methoxy groups -OCH3 is 1. The highest BCUT2D eigenvalue weighted by Gasteiger charge is 2.33. The number of nitro groups is 1. The molecule has 0 atom stereocenters. The number of carbonyl (C=O) groups is 1. The largest absolute Gasteiger partial charge is 0.466 e. The Morgan fingerprint density at radius 3 is 2.74 bits per heavy atom. The van der Waals surface area contributed by atoms with Gasteiger partial charge in [0.1, 0.15) is 5.75 Å². The Morgan fingerprint density at radius 1 is 1.47 bits per heavy atom. The van der Waals surface area contributed by atoms with Crippen molar-refractivity contribution >= 4 is 17.4 Å². The van der Waals surface area contributed by atoms with Gasteiger partial charge in [0.15, 0.2) is 11.4 Å². The monoisotopic (exact) mass is 264 g/mol. The van der Waals surface area contributed by atoms with Crippen molar-refractivity contribution in [2.75, 3.05) is 7.11 Å². The molecular formula is C12H12N2O5. The number of non-ortho nitro benzene ring substituents is 1. The maximum absolute atomic E-state index is 11.7. The molecule has 0 N–H and O–H groups in total. The third-order valence-corrected chi connectivity index (χ3v) is 2.55. The molecule has 0 aromatic heterocycles. The quantitative estimate of drug-likeness (QED) is 0.460. The normalized spacial score (nSPS) is 15.8. The lowest BCUT2D eigenvalue weighted by Gasteiger charge is -2.28. The van der Waals surface area contributed by atoms with E-state index in [1.54, 1.807) is 13.8 Å². The molecule has 7 nitrogen and oxygen atoms in total. The van der Waals surface area contributed by atoms with Crippen LogP contribution in [0.15, 0.2) is 23.2 Å². The summed E-state index contributed by atoms with van der Waals surface area (Å²) < 4.78 is 10.2. The van der Waals surface area contributed by atoms with Crippen molar-refractivity contribution < 1.29 is 19.2 Å². The van der Waals surface area contributed by atoms with Gasteiger partial charge < -0.3 is 9.47 Å². The van der Waals surface area contributed by atoms with Crippen LogP contribution < -0.4 is 4.74 Å². The summed E-state index contributed by atoms with van der Waals surface area (Å²) in [5.74, 6) is -0.288. The van der Waals surface area contributed by atoms with Gasteiger partial charge in [-0.05, 0) is 19.9 Å². The number of fused-ring (bicyclic) bond motifs is 1. The van der Waals surface area contributed by atoms with Gasteiger partial charge in [0.05, 0.1) is 17.6 Å². The van der Waals surface area contributed by atoms with Crippen molar-refractivity contribution in [1.82, 2.24) is 0 Å². The maximum atomic E-state index is 11.7. The molecule has 0 aliphatic carbocycles. The van der Waals surface area contributed by atoms with Gasteiger partial charge in [0.2, 0.25) is 0 Å². The number of hydrogen-bond acceptors (Lipinski definition) is 6. The average Bonchev–Trinajstić information content (AvgIpc) is 2.35. The van der Waals surface area contributed by atoms with Crippen molar-refractivity contribution in [2.45, 2.75) is 19.6 Å². The van der Waals surface area contributed by atoms with Gasteiger partial charge in [0, 0.05) is 12.1 Å². The van der Waals surface area contributed by atoms with E-state index in [1.165, 1.54) is 25.3 Å². The van der Waals surface area contributed by atoms with E-state index >= 15 is 0 Å². The zero-order valence-corrected chi connectivity index (χ0v) is 10.7. The molecule has 0 saturated heterocycles. The lowest BCUT2D eigenvalue weighted by Crippen LogP contribution is -2.35. The highest BCUT2D eigenvalue weighted by Crippen LogP contribution is 2.33. The molecule has 1 aliphatic heterocycles. The lowest BCUT2D eigenvalue weighted by atomic mass is 10.0. The number of nitrogens with zero attached hydrogens (tertiary/aromatic N) is 2. The molecule has 19 heavy (non-hydrogen) atoms. The van der Waals surface area contributed by atoms with E-state index in [0.717, 1.165) is 0 Å². The second kappa shape index (κ2) is 4.34. The second-order valence-corrected chi connectivity index (χ2v) is 4.44. The summed E-state index contributed by atoms with van der Waals surface area (Å²) in [6.07, 6.45) is 0. The van der Waals surface area contributed by atoms with E-state index in [1.807, 2.05) is 0 Å². The average molecular weight is 264 g/mol. The highest BCUT2D eigenvalue weighted by molar-refractivity contribution is 6.44. The Morgan fingerprint density at radius 2 is 2.16 bits per heavy atom. The predicted molar refractivity (Wildman–Crippen MR) is 66.4 cm³/mol. The van der Waals surface area contributed by atoms with Gasteiger partial charge in [-0.15, -0.1) is 0 Å². The van der Waals surface area contributed by atoms with E-state index in [-0.39, 0.29) is 17.0 Å². The number of benzene rings is 1. The SMILES string of the molecule is COC(=O)C1=NC(C)(C)Oc2ccc([N+](=O)[O-])cc21. The zero-order valence-electron chi connectivity index (χ0n) is 10.7. The van der Waals surface area contributed by atoms with E-state index in [0.29, 0.717) is 5.75 Å². The van der Waals surface area contributed by atoms with Gasteiger partial charge in [-0.25, -0.2) is 9.79 Å². The first-order valence-electron chi connectivity index (χ1n) is 5.50. The lowest BCUT2D eigenvalue weighted by molar-refractivity contribution is -0.384. The first-order valence-corrected chi connectivity index (χ1v) is 5.50. The summed E-state index contributed by atoms with van der Waals surface area (Å²) in [5.41, 5.74) is -0.774. The van der Waals surface area contributed by atoms with Crippen LogP contribution in [-0.2, 0) is 9.53 Å². The smallest absolute Gasteiger partial charge is 0.357 e. The van der Waals surface area contributed by atoms with Crippen LogP contribution in [0.25, 0.3) is 0 Å². The van der Waals surface area contributed by atoms with Crippen LogP contribution in [0.2, 0.25) is 0 Å². The Hall–Kier alpha value is -2.44. The van der Waals surface area contributed by atoms with Crippen molar-refractivity contribution in [1.29, 1.82) is 0 Å². The maximum Gasteiger partial charge on any atom is 0.357 e. The number of ether oxygens (including phenoxy) is 2. The van der Waals surface area contributed by atoms with Gasteiger partial charge >= 0.3 is 5.97 Å². The van der Waals surface area contributed by atoms with Crippen LogP contribution in [0, 0.1) is 10.1 Å². The molecule has 1 aliphatic rings. The standard InChI is InChI=1S/C12H12N2O5/c1-12(2)13-10(11(15)18-3)8-6-7(14(16)17)4-5-9(8)19-12/h4-6H,1-3H3. The molecule has 0 spiro atoms. The summed E-state index contributed by atoms with van der Waals surface area (Å²) in [4.78, 5) is 26.1. The first kappa shape index (κ1) is 13.0. The molecule has 0 radical (unpaired) electrons. The molecule has 1 heterocycles. The molecule has 0 bridgehead atoms. The van der Waals surface area contributed by atoms with Crippen LogP contribution in [-0.4, -0.2) is 29.4 Å². The molecule has 1 aromatic rings. The number of nitro benzene ring substituents is 1. The number of esters is 1. The van der Waals surface area contributed by atoms with Gasteiger partial charge in [0.25, 0.3) is 5.69 Å². The molecule has 7 heteroatoms. The molecular weight excluding hydrogens is 252 g/mol. The summed E-state index contributed by atoms with van der Waals surface area (Å²) in [6, 6.07) is 4.02. The number of aliphatic imine (C=N–C) groups is 1. The Balaban J connectivity index is 2.60. The fourth-order valence-electron chi connectivity index (χ4n) is 1.78. The zero-order chi connectivity index (χ0) is 14.2. The van der Waals surface area contributed by atoms with E-state index in [9.17, 15) is 14.9 Å². The predicted octanol–water partition coefficient (Wildman–Crippen LogP) is 1.69. The van der Waals surface area contributed by atoms with Crippen molar-refractivity contribution in [3.05, 3.63) is 33.9 Å². The van der Waals surface area contributed by atoms with Crippen molar-refractivity contribution in [3.8, 4) is 5.75 Å². The summed E-state index contributed by atoms with van der Waals surface area (Å²) >= 11 is 0. The Bertz CT molecular complexity index is 592. The van der Waals surface area contributed by atoms with Crippen LogP contribution in [0.5, 0.6) is 5.75 Å². The van der Waals surface area contributed by atoms with Gasteiger partial charge in [-0.1, -0.05) is 0 Å². The third-order valence-electron chi connectivity index (χ3n) is 2.55. The van der Waals surface area contributed by atoms with Crippen molar-refractivity contribution in [2.24, 2.45) is 4.99 Å². The number of carbonyl (C=O) groups excluding carboxylic acids is 1. The van der Waals surface area contributed by atoms with Gasteiger partial charge in [-0.3, -0.25) is 10.1 Å². The Labute approximate surface area is 109 Å². The minimum Gasteiger partial charge on any atom is -0.466 e. The van der Waals surface area contributed by atoms with Gasteiger partial charge in [-0.2, -0.15) is 0 Å². The molecule has 0 unspecified atom stereocenters. The van der Waals surface area contributed by atoms with Crippen LogP contribution >= 0.6 is 0 Å². The third kappa shape index (κ3) is 2.40. The fourth-order valence-corrected chi connectivity index (χ4v) is 1.78. The first-order chi connectivity index (χ1) is 8.84. The van der Waals surface area contributed by atoms with E-state index in [2.05, 4.69) is 9.73 Å². The fraction of sp³-hybridized carbons (Fsp3) is 0.333. The minimum atomic E-state index is -0.924. The summed E-state index contributed by atoms with van der Waals surface area (Å²) in [5, 5.41) is 10.8. The van der Waals surface area contributed by atoms with Crippen LogP contribution in [0.3, 0.4) is 0 Å². The molecule has 0 fully saturated rings. The molecule has 1 aromatic carbocycles. The molecule has 0 amide bonds. The topological polar surface area (TPSA) is 91.0 Å². The van der Waals surface area contributed by atoms with Crippen LogP contribution in [0.4, 0.5) is 5.69 Å². The molecule has 0 saturated carbocycles. The second-order valence-electron chi connectivity index (χ2n) is 4.44. The number of hydrogen-bond donors (Lipinski definition) is 0. The molecule has 100 valence electrons. The summed E-state index contributed by atoms with van der Waals surface area (Å²) in [6.45, 7) is 3.36. The molecule has 2 rings (SSSR count). The van der Waals surface area contributed by atoms with E-state index in [4.69, 9.17) is 4.74 Å². The Kier molecular flexibility index (Phi) is 2.97.